The topological polar surface area (TPSA) is 72.5 Å². The summed E-state index contributed by atoms with van der Waals surface area (Å²) in [7, 11) is -3.43. The van der Waals surface area contributed by atoms with Crippen molar-refractivity contribution in [2.75, 3.05) is 18.9 Å². The normalized spacial score (nSPS) is 16.3. The van der Waals surface area contributed by atoms with E-state index >= 15 is 0 Å². The van der Waals surface area contributed by atoms with Gasteiger partial charge >= 0.3 is 0 Å². The van der Waals surface area contributed by atoms with Gasteiger partial charge in [0, 0.05) is 11.6 Å². The smallest absolute Gasteiger partial charge is 0.248 e. The van der Waals surface area contributed by atoms with Gasteiger partial charge in [-0.15, -0.1) is 0 Å². The van der Waals surface area contributed by atoms with Crippen LogP contribution < -0.4 is 5.32 Å². The number of halogens is 1. The predicted molar refractivity (Wildman–Crippen MR) is 84.7 cm³/mol. The third-order valence-corrected chi connectivity index (χ3v) is 5.47. The third-order valence-electron chi connectivity index (χ3n) is 3.49. The average molecular weight is 346 g/mol. The third kappa shape index (κ3) is 5.26. The number of carbonyl (C=O) groups excluding carboxylic acids is 1. The van der Waals surface area contributed by atoms with Crippen LogP contribution >= 0.6 is 11.6 Å². The Kier molecular flexibility index (Phi) is 5.83. The molecule has 0 radical (unpaired) electrons. The van der Waals surface area contributed by atoms with Crippen molar-refractivity contribution in [3.05, 3.63) is 29.3 Å². The zero-order valence-corrected chi connectivity index (χ0v) is 14.0. The molecule has 7 heteroatoms. The summed E-state index contributed by atoms with van der Waals surface area (Å²) in [4.78, 5) is 12.0. The Balaban J connectivity index is 1.76. The summed E-state index contributed by atoms with van der Waals surface area (Å²) in [6.07, 6.45) is 1.76. The maximum absolute atomic E-state index is 12.1. The van der Waals surface area contributed by atoms with Crippen molar-refractivity contribution in [3.8, 4) is 0 Å². The van der Waals surface area contributed by atoms with Crippen LogP contribution in [0.25, 0.3) is 0 Å². The van der Waals surface area contributed by atoms with Crippen molar-refractivity contribution >= 4 is 27.3 Å². The van der Waals surface area contributed by atoms with Gasteiger partial charge in [0.15, 0.2) is 9.84 Å². The van der Waals surface area contributed by atoms with Gasteiger partial charge in [0.1, 0.15) is 6.10 Å². The van der Waals surface area contributed by atoms with Crippen molar-refractivity contribution in [3.63, 3.8) is 0 Å². The van der Waals surface area contributed by atoms with E-state index in [1.54, 1.807) is 6.92 Å². The van der Waals surface area contributed by atoms with E-state index in [2.05, 4.69) is 5.32 Å². The fourth-order valence-corrected chi connectivity index (χ4v) is 3.14. The number of amides is 1. The van der Waals surface area contributed by atoms with Crippen molar-refractivity contribution in [2.24, 2.45) is 5.92 Å². The molecule has 1 N–H and O–H groups in total. The van der Waals surface area contributed by atoms with Crippen molar-refractivity contribution in [1.29, 1.82) is 0 Å². The molecule has 0 bridgehead atoms. The number of sulfone groups is 1. The fraction of sp³-hybridized carbons (Fsp3) is 0.533. The summed E-state index contributed by atoms with van der Waals surface area (Å²) in [5.41, 5.74) is 0. The van der Waals surface area contributed by atoms with E-state index in [1.807, 2.05) is 0 Å². The Morgan fingerprint density at radius 3 is 2.59 bits per heavy atom. The Morgan fingerprint density at radius 1 is 1.36 bits per heavy atom. The second kappa shape index (κ2) is 7.44. The number of hydrogen-bond acceptors (Lipinski definition) is 4. The van der Waals surface area contributed by atoms with E-state index in [0.29, 0.717) is 17.5 Å². The van der Waals surface area contributed by atoms with Gasteiger partial charge in [-0.2, -0.15) is 0 Å². The summed E-state index contributed by atoms with van der Waals surface area (Å²) in [6, 6.07) is 5.98. The van der Waals surface area contributed by atoms with E-state index in [0.717, 1.165) is 12.8 Å². The summed E-state index contributed by atoms with van der Waals surface area (Å²) in [5, 5.41) is 3.08. The average Bonchev–Trinajstić information content (AvgIpc) is 3.29. The number of nitrogens with one attached hydrogen (secondary N) is 1. The lowest BCUT2D eigenvalue weighted by atomic mass is 10.3. The molecule has 0 saturated heterocycles. The maximum atomic E-state index is 12.1. The SMILES string of the molecule is CC(OCC1CC1)C(=O)NCCS(=O)(=O)c1ccc(Cl)cc1. The van der Waals surface area contributed by atoms with Crippen LogP contribution in [0.5, 0.6) is 0 Å². The van der Waals surface area contributed by atoms with Crippen LogP contribution in [0.2, 0.25) is 5.02 Å². The molecule has 0 heterocycles. The van der Waals surface area contributed by atoms with Crippen molar-refractivity contribution in [1.82, 2.24) is 5.32 Å². The highest BCUT2D eigenvalue weighted by molar-refractivity contribution is 7.91. The number of ether oxygens (including phenoxy) is 1. The minimum Gasteiger partial charge on any atom is -0.368 e. The number of carbonyl (C=O) groups is 1. The van der Waals surface area contributed by atoms with Gasteiger partial charge in [-0.1, -0.05) is 11.6 Å². The molecule has 0 spiro atoms. The van der Waals surface area contributed by atoms with Crippen LogP contribution in [0, 0.1) is 5.92 Å². The molecule has 1 aromatic rings. The molecule has 1 aliphatic rings. The first-order valence-electron chi connectivity index (χ1n) is 7.26. The van der Waals surface area contributed by atoms with Crippen LogP contribution in [0.4, 0.5) is 0 Å². The van der Waals surface area contributed by atoms with Gasteiger partial charge < -0.3 is 10.1 Å². The van der Waals surface area contributed by atoms with Crippen LogP contribution in [-0.2, 0) is 19.4 Å². The molecule has 0 aromatic heterocycles. The van der Waals surface area contributed by atoms with Gasteiger partial charge in [0.05, 0.1) is 17.3 Å². The predicted octanol–water partition coefficient (Wildman–Crippen LogP) is 2.04. The largest absolute Gasteiger partial charge is 0.368 e. The molecule has 5 nitrogen and oxygen atoms in total. The Hall–Kier alpha value is -1.11. The quantitative estimate of drug-likeness (QED) is 0.782. The second-order valence-corrected chi connectivity index (χ2v) is 8.03. The zero-order chi connectivity index (χ0) is 16.2. The van der Waals surface area contributed by atoms with Crippen molar-refractivity contribution < 1.29 is 17.9 Å². The molecular formula is C15H20ClNO4S. The summed E-state index contributed by atoms with van der Waals surface area (Å²) in [5.74, 6) is 0.142. The van der Waals surface area contributed by atoms with E-state index < -0.39 is 15.9 Å². The summed E-state index contributed by atoms with van der Waals surface area (Å²) in [6.45, 7) is 2.32. The Bertz CT molecular complexity index is 611. The lowest BCUT2D eigenvalue weighted by Crippen LogP contribution is -2.37. The van der Waals surface area contributed by atoms with Crippen molar-refractivity contribution in [2.45, 2.75) is 30.8 Å². The van der Waals surface area contributed by atoms with Crippen LogP contribution in [0.1, 0.15) is 19.8 Å². The molecule has 1 saturated carbocycles. The van der Waals surface area contributed by atoms with Gasteiger partial charge in [0.25, 0.3) is 0 Å². The zero-order valence-electron chi connectivity index (χ0n) is 12.4. The summed E-state index contributed by atoms with van der Waals surface area (Å²) < 4.78 is 29.6. The minimum absolute atomic E-state index is 0.0565. The van der Waals surface area contributed by atoms with Crippen LogP contribution in [0.15, 0.2) is 29.2 Å². The van der Waals surface area contributed by atoms with E-state index in [-0.39, 0.29) is 23.1 Å². The molecule has 1 amide bonds. The Labute approximate surface area is 135 Å². The van der Waals surface area contributed by atoms with Gasteiger partial charge in [-0.3, -0.25) is 4.79 Å². The molecule has 2 rings (SSSR count). The van der Waals surface area contributed by atoms with Crippen LogP contribution in [-0.4, -0.2) is 39.3 Å². The first-order valence-corrected chi connectivity index (χ1v) is 9.29. The van der Waals surface area contributed by atoms with E-state index in [9.17, 15) is 13.2 Å². The van der Waals surface area contributed by atoms with Crippen LogP contribution in [0.3, 0.4) is 0 Å². The second-order valence-electron chi connectivity index (χ2n) is 5.48. The van der Waals surface area contributed by atoms with Gasteiger partial charge in [-0.25, -0.2) is 8.42 Å². The number of rotatable bonds is 8. The highest BCUT2D eigenvalue weighted by Crippen LogP contribution is 2.29. The highest BCUT2D eigenvalue weighted by Gasteiger charge is 2.24. The molecule has 1 aliphatic carbocycles. The molecule has 22 heavy (non-hydrogen) atoms. The lowest BCUT2D eigenvalue weighted by Gasteiger charge is -2.13. The summed E-state index contributed by atoms with van der Waals surface area (Å²) >= 11 is 5.73. The monoisotopic (exact) mass is 345 g/mol. The first kappa shape index (κ1) is 17.2. The fourth-order valence-electron chi connectivity index (χ4n) is 1.85. The van der Waals surface area contributed by atoms with E-state index in [4.69, 9.17) is 16.3 Å². The first-order chi connectivity index (χ1) is 10.4. The highest BCUT2D eigenvalue weighted by atomic mass is 35.5. The maximum Gasteiger partial charge on any atom is 0.248 e. The molecule has 1 fully saturated rings. The molecule has 1 atom stereocenters. The molecule has 1 aromatic carbocycles. The molecule has 122 valence electrons. The van der Waals surface area contributed by atoms with E-state index in [1.165, 1.54) is 24.3 Å². The molecular weight excluding hydrogens is 326 g/mol. The standard InChI is InChI=1S/C15H20ClNO4S/c1-11(21-10-12-2-3-12)15(18)17-8-9-22(19,20)14-6-4-13(16)5-7-14/h4-7,11-12H,2-3,8-10H2,1H3,(H,17,18). The molecule has 1 unspecified atom stereocenters. The van der Waals surface area contributed by atoms with Gasteiger partial charge in [-0.05, 0) is 49.9 Å². The lowest BCUT2D eigenvalue weighted by molar-refractivity contribution is -0.131. The number of benzene rings is 1. The number of hydrogen-bond donors (Lipinski definition) is 1. The molecule has 0 aliphatic heterocycles. The van der Waals surface area contributed by atoms with Gasteiger partial charge in [0.2, 0.25) is 5.91 Å². The minimum atomic E-state index is -3.43. The Morgan fingerprint density at radius 2 is 2.00 bits per heavy atom.